The van der Waals surface area contributed by atoms with Crippen molar-refractivity contribution in [3.63, 3.8) is 0 Å². The van der Waals surface area contributed by atoms with Crippen LogP contribution in [0.15, 0.2) is 45.6 Å². The standard InChI is InChI=1S/C23H22O7/c1-4-17-21(14-5-8-18-20(11-14)28-10-9-27-18)22(24)16-7-6-15(12-19(16)30-17)29-13(2)23(25)26-3/h5-8,11-13H,4,9-10H2,1-3H3. The Kier molecular flexibility index (Phi) is 5.35. The Morgan fingerprint density at radius 3 is 2.60 bits per heavy atom. The van der Waals surface area contributed by atoms with Crippen molar-refractivity contribution in [2.45, 2.75) is 26.4 Å². The molecule has 4 rings (SSSR count). The van der Waals surface area contributed by atoms with E-state index in [1.54, 1.807) is 37.3 Å². The summed E-state index contributed by atoms with van der Waals surface area (Å²) in [4.78, 5) is 24.9. The number of hydrogen-bond acceptors (Lipinski definition) is 7. The van der Waals surface area contributed by atoms with Crippen molar-refractivity contribution in [1.82, 2.24) is 0 Å². The summed E-state index contributed by atoms with van der Waals surface area (Å²) in [7, 11) is 1.30. The number of carbonyl (C=O) groups excluding carboxylic acids is 1. The molecule has 0 aliphatic carbocycles. The van der Waals surface area contributed by atoms with Crippen LogP contribution >= 0.6 is 0 Å². The lowest BCUT2D eigenvalue weighted by Crippen LogP contribution is -2.24. The van der Waals surface area contributed by atoms with E-state index >= 15 is 0 Å². The van der Waals surface area contributed by atoms with Gasteiger partial charge in [0.05, 0.1) is 18.1 Å². The number of hydrogen-bond donors (Lipinski definition) is 0. The number of esters is 1. The predicted octanol–water partition coefficient (Wildman–Crippen LogP) is 3.73. The third-order valence-electron chi connectivity index (χ3n) is 4.93. The number of aryl methyl sites for hydroxylation is 1. The fourth-order valence-corrected chi connectivity index (χ4v) is 3.45. The molecule has 7 nitrogen and oxygen atoms in total. The van der Waals surface area contributed by atoms with Crippen LogP contribution in [-0.2, 0) is 16.0 Å². The molecule has 1 atom stereocenters. The normalized spacial score (nSPS) is 13.7. The van der Waals surface area contributed by atoms with Gasteiger partial charge in [-0.3, -0.25) is 4.79 Å². The largest absolute Gasteiger partial charge is 0.486 e. The van der Waals surface area contributed by atoms with E-state index in [9.17, 15) is 9.59 Å². The van der Waals surface area contributed by atoms with E-state index in [2.05, 4.69) is 4.74 Å². The van der Waals surface area contributed by atoms with Crippen molar-refractivity contribution in [3.8, 4) is 28.4 Å². The lowest BCUT2D eigenvalue weighted by Gasteiger charge is -2.19. The van der Waals surface area contributed by atoms with Gasteiger partial charge in [0, 0.05) is 12.5 Å². The van der Waals surface area contributed by atoms with Gasteiger partial charge in [0.25, 0.3) is 0 Å². The van der Waals surface area contributed by atoms with E-state index in [1.165, 1.54) is 7.11 Å². The van der Waals surface area contributed by atoms with Crippen molar-refractivity contribution in [2.75, 3.05) is 20.3 Å². The molecule has 7 heteroatoms. The average Bonchev–Trinajstić information content (AvgIpc) is 2.77. The van der Waals surface area contributed by atoms with Crippen LogP contribution in [0.4, 0.5) is 0 Å². The Morgan fingerprint density at radius 2 is 1.87 bits per heavy atom. The third-order valence-corrected chi connectivity index (χ3v) is 4.93. The van der Waals surface area contributed by atoms with Crippen molar-refractivity contribution in [3.05, 3.63) is 52.4 Å². The van der Waals surface area contributed by atoms with Crippen LogP contribution in [0.25, 0.3) is 22.1 Å². The second-order valence-corrected chi connectivity index (χ2v) is 6.88. The van der Waals surface area contributed by atoms with E-state index in [1.807, 2.05) is 13.0 Å². The zero-order valence-electron chi connectivity index (χ0n) is 17.0. The molecular weight excluding hydrogens is 388 g/mol. The molecule has 1 aromatic heterocycles. The Bertz CT molecular complexity index is 1160. The van der Waals surface area contributed by atoms with Gasteiger partial charge in [0.15, 0.2) is 17.6 Å². The van der Waals surface area contributed by atoms with E-state index in [4.69, 9.17) is 18.6 Å². The van der Waals surface area contributed by atoms with Crippen LogP contribution in [0.5, 0.6) is 17.2 Å². The molecule has 1 unspecified atom stereocenters. The minimum atomic E-state index is -0.776. The van der Waals surface area contributed by atoms with Gasteiger partial charge < -0.3 is 23.4 Å². The first-order valence-corrected chi connectivity index (χ1v) is 9.76. The molecular formula is C23H22O7. The van der Waals surface area contributed by atoms with E-state index in [0.29, 0.717) is 64.7 Å². The lowest BCUT2D eigenvalue weighted by molar-refractivity contribution is -0.147. The summed E-state index contributed by atoms with van der Waals surface area (Å²) in [5.41, 5.74) is 1.47. The van der Waals surface area contributed by atoms with Crippen LogP contribution in [-0.4, -0.2) is 32.4 Å². The van der Waals surface area contributed by atoms with Crippen LogP contribution in [0.1, 0.15) is 19.6 Å². The monoisotopic (exact) mass is 410 g/mol. The van der Waals surface area contributed by atoms with Gasteiger partial charge in [-0.25, -0.2) is 4.79 Å². The van der Waals surface area contributed by atoms with Crippen LogP contribution in [0, 0.1) is 0 Å². The number of benzene rings is 2. The van der Waals surface area contributed by atoms with Crippen molar-refractivity contribution >= 4 is 16.9 Å². The molecule has 2 heterocycles. The number of ether oxygens (including phenoxy) is 4. The second-order valence-electron chi connectivity index (χ2n) is 6.88. The summed E-state index contributed by atoms with van der Waals surface area (Å²) in [6.45, 7) is 4.49. The number of methoxy groups -OCH3 is 1. The fourth-order valence-electron chi connectivity index (χ4n) is 3.45. The minimum Gasteiger partial charge on any atom is -0.486 e. The van der Waals surface area contributed by atoms with Gasteiger partial charge in [-0.2, -0.15) is 0 Å². The molecule has 156 valence electrons. The highest BCUT2D eigenvalue weighted by molar-refractivity contribution is 5.84. The molecule has 0 spiro atoms. The molecule has 3 aromatic rings. The molecule has 0 radical (unpaired) electrons. The summed E-state index contributed by atoms with van der Waals surface area (Å²) in [5.74, 6) is 1.76. The molecule has 0 amide bonds. The summed E-state index contributed by atoms with van der Waals surface area (Å²) in [6, 6.07) is 10.3. The highest BCUT2D eigenvalue weighted by Crippen LogP contribution is 2.35. The molecule has 0 saturated heterocycles. The van der Waals surface area contributed by atoms with Crippen LogP contribution in [0.2, 0.25) is 0 Å². The minimum absolute atomic E-state index is 0.141. The van der Waals surface area contributed by atoms with Crippen molar-refractivity contribution in [1.29, 1.82) is 0 Å². The summed E-state index contributed by atoms with van der Waals surface area (Å²) in [6.07, 6.45) is -0.250. The summed E-state index contributed by atoms with van der Waals surface area (Å²) < 4.78 is 27.6. The molecule has 1 aliphatic rings. The van der Waals surface area contributed by atoms with Crippen LogP contribution in [0.3, 0.4) is 0 Å². The van der Waals surface area contributed by atoms with Crippen LogP contribution < -0.4 is 19.6 Å². The number of carbonyl (C=O) groups is 1. The quantitative estimate of drug-likeness (QED) is 0.593. The Hall–Kier alpha value is -3.48. The van der Waals surface area contributed by atoms with E-state index in [-0.39, 0.29) is 5.43 Å². The first-order chi connectivity index (χ1) is 14.5. The molecule has 0 saturated carbocycles. The van der Waals surface area contributed by atoms with Gasteiger partial charge in [0.2, 0.25) is 5.43 Å². The Labute approximate surface area is 173 Å². The number of rotatable bonds is 5. The SMILES string of the molecule is CCc1oc2cc(OC(C)C(=O)OC)ccc2c(=O)c1-c1ccc2c(c1)OCCO2. The molecule has 0 fully saturated rings. The van der Waals surface area contributed by atoms with Crippen molar-refractivity contribution in [2.24, 2.45) is 0 Å². The zero-order chi connectivity index (χ0) is 21.3. The van der Waals surface area contributed by atoms with Gasteiger partial charge in [-0.05, 0) is 36.8 Å². The fraction of sp³-hybridized carbons (Fsp3) is 0.304. The molecule has 2 aromatic carbocycles. The van der Waals surface area contributed by atoms with Gasteiger partial charge in [0.1, 0.15) is 30.3 Å². The Balaban J connectivity index is 1.78. The zero-order valence-corrected chi connectivity index (χ0v) is 17.0. The molecule has 1 aliphatic heterocycles. The maximum Gasteiger partial charge on any atom is 0.346 e. The van der Waals surface area contributed by atoms with E-state index < -0.39 is 12.1 Å². The average molecular weight is 410 g/mol. The van der Waals surface area contributed by atoms with Gasteiger partial charge in [-0.1, -0.05) is 13.0 Å². The Morgan fingerprint density at radius 1 is 1.10 bits per heavy atom. The summed E-state index contributed by atoms with van der Waals surface area (Å²) >= 11 is 0. The first-order valence-electron chi connectivity index (χ1n) is 9.76. The summed E-state index contributed by atoms with van der Waals surface area (Å²) in [5, 5.41) is 0.426. The topological polar surface area (TPSA) is 84.2 Å². The first kappa shape index (κ1) is 19.8. The highest BCUT2D eigenvalue weighted by atomic mass is 16.6. The lowest BCUT2D eigenvalue weighted by atomic mass is 10.0. The van der Waals surface area contributed by atoms with E-state index in [0.717, 1.165) is 0 Å². The second kappa shape index (κ2) is 8.10. The molecule has 30 heavy (non-hydrogen) atoms. The van der Waals surface area contributed by atoms with Gasteiger partial charge in [-0.15, -0.1) is 0 Å². The van der Waals surface area contributed by atoms with Gasteiger partial charge >= 0.3 is 5.97 Å². The smallest absolute Gasteiger partial charge is 0.346 e. The number of fused-ring (bicyclic) bond motifs is 2. The maximum atomic E-state index is 13.3. The third kappa shape index (κ3) is 3.58. The van der Waals surface area contributed by atoms with Crippen molar-refractivity contribution < 1.29 is 28.2 Å². The molecule has 0 N–H and O–H groups in total. The predicted molar refractivity (Wildman–Crippen MR) is 110 cm³/mol. The molecule has 0 bridgehead atoms. The highest BCUT2D eigenvalue weighted by Gasteiger charge is 2.20. The maximum absolute atomic E-state index is 13.3.